The highest BCUT2D eigenvalue weighted by Crippen LogP contribution is 2.61. The maximum Gasteiger partial charge on any atom is 0.481 e. The van der Waals surface area contributed by atoms with Crippen molar-refractivity contribution in [3.63, 3.8) is 0 Å². The number of aromatic nitrogens is 5. The normalized spacial score (nSPS) is 30.0. The van der Waals surface area contributed by atoms with E-state index in [1.54, 1.807) is 0 Å². The second-order valence-corrected chi connectivity index (χ2v) is 15.1. The van der Waals surface area contributed by atoms with Crippen LogP contribution in [0.15, 0.2) is 31.0 Å². The Morgan fingerprint density at radius 1 is 0.918 bits per heavy atom. The molecule has 0 bridgehead atoms. The number of ether oxygens (including phenoxy) is 2. The lowest BCUT2D eigenvalue weighted by molar-refractivity contribution is -0.255. The van der Waals surface area contributed by atoms with Gasteiger partial charge in [0, 0.05) is 6.20 Å². The molecule has 2 fully saturated rings. The van der Waals surface area contributed by atoms with Gasteiger partial charge in [-0.15, -0.1) is 0 Å². The van der Waals surface area contributed by atoms with Gasteiger partial charge < -0.3 is 54.7 Å². The molecule has 2 saturated heterocycles. The van der Waals surface area contributed by atoms with Crippen molar-refractivity contribution in [2.24, 2.45) is 0 Å². The molecule has 0 spiro atoms. The van der Waals surface area contributed by atoms with Crippen LogP contribution >= 0.6 is 35.7 Å². The summed E-state index contributed by atoms with van der Waals surface area (Å²) in [5.74, 6) is -0.642. The second kappa shape index (κ2) is 14.3. The van der Waals surface area contributed by atoms with Gasteiger partial charge in [-0.2, -0.15) is 4.31 Å². The Hall–Kier alpha value is -2.48. The lowest BCUT2D eigenvalue weighted by Crippen LogP contribution is -2.56. The molecular weight excluding hydrogens is 747 g/mol. The predicted molar refractivity (Wildman–Crippen MR) is 158 cm³/mol. The minimum Gasteiger partial charge on any atom is -0.387 e. The van der Waals surface area contributed by atoms with E-state index in [9.17, 15) is 53.4 Å². The number of anilines is 1. The molecule has 49 heavy (non-hydrogen) atoms. The number of fused-ring (bicyclic) bond motifs is 1. The van der Waals surface area contributed by atoms with Crippen molar-refractivity contribution in [1.29, 1.82) is 0 Å². The van der Waals surface area contributed by atoms with Crippen molar-refractivity contribution in [2.75, 3.05) is 18.9 Å². The SMILES string of the molecule is Nc1ncnc2c1ncn2[C@@H]1O[C@H](COP(=O)(O)OP(=O)(O)OC[C@H]2O[C@@H](n3cc(C([NH3+])=O)ccc3=S)[C@H](O)[C@@H]2O)[C@@H](O)[C@H]1OP(=O)(O)O. The van der Waals surface area contributed by atoms with Crippen molar-refractivity contribution in [3.05, 3.63) is 41.2 Å². The zero-order valence-corrected chi connectivity index (χ0v) is 27.9. The highest BCUT2D eigenvalue weighted by Gasteiger charge is 2.50. The van der Waals surface area contributed by atoms with Gasteiger partial charge in [-0.1, -0.05) is 12.2 Å². The number of nitrogens with two attached hydrogens (primary N) is 1. The Kier molecular flexibility index (Phi) is 11.0. The lowest BCUT2D eigenvalue weighted by atomic mass is 10.1. The van der Waals surface area contributed by atoms with E-state index < -0.39 is 91.7 Å². The van der Waals surface area contributed by atoms with Crippen LogP contribution in [-0.4, -0.2) is 115 Å². The zero-order chi connectivity index (χ0) is 36.1. The number of phosphoric acid groups is 3. The number of rotatable bonds is 13. The van der Waals surface area contributed by atoms with Gasteiger partial charge in [0.25, 0.3) is 0 Å². The summed E-state index contributed by atoms with van der Waals surface area (Å²) in [6.07, 6.45) is -10.00. The Bertz CT molecular complexity index is 1930. The predicted octanol–water partition coefficient (Wildman–Crippen LogP) is -2.37. The van der Waals surface area contributed by atoms with Gasteiger partial charge in [-0.25, -0.2) is 33.4 Å². The molecule has 10 atom stereocenters. The fraction of sp³-hybridized carbons (Fsp3) is 0.476. The molecule has 2 unspecified atom stereocenters. The van der Waals surface area contributed by atoms with Gasteiger partial charge in [-0.05, 0) is 12.1 Å². The van der Waals surface area contributed by atoms with Crippen LogP contribution in [0.2, 0.25) is 0 Å². The Balaban J connectivity index is 1.22. The summed E-state index contributed by atoms with van der Waals surface area (Å²) in [7, 11) is -16.3. The topological polar surface area (TPSA) is 367 Å². The van der Waals surface area contributed by atoms with Crippen molar-refractivity contribution in [2.45, 2.75) is 49.1 Å². The Labute approximate surface area is 278 Å². The first-order valence-corrected chi connectivity index (χ1v) is 18.5. The van der Waals surface area contributed by atoms with Crippen molar-refractivity contribution >= 4 is 58.6 Å². The van der Waals surface area contributed by atoms with Gasteiger partial charge in [0.2, 0.25) is 0 Å². The number of pyridine rings is 1. The molecule has 0 aromatic carbocycles. The van der Waals surface area contributed by atoms with Crippen LogP contribution < -0.4 is 11.5 Å². The lowest BCUT2D eigenvalue weighted by Gasteiger charge is -2.22. The molecule has 3 aromatic rings. The Morgan fingerprint density at radius 2 is 1.53 bits per heavy atom. The maximum atomic E-state index is 12.6. The first-order valence-electron chi connectivity index (χ1n) is 13.5. The molecule has 0 radical (unpaired) electrons. The third kappa shape index (κ3) is 8.53. The molecule has 5 rings (SSSR count). The van der Waals surface area contributed by atoms with Gasteiger partial charge in [-0.3, -0.25) is 23.9 Å². The average Bonchev–Trinajstić information content (AvgIpc) is 3.64. The average molecular weight is 776 g/mol. The van der Waals surface area contributed by atoms with Crippen LogP contribution in [0, 0.1) is 4.64 Å². The first kappa shape index (κ1) is 37.8. The number of nitrogen functional groups attached to an aromatic ring is 1. The van der Waals surface area contributed by atoms with Crippen LogP contribution in [-0.2, 0) is 41.1 Å². The number of aliphatic hydroxyl groups excluding tert-OH is 3. The Morgan fingerprint density at radius 3 is 2.14 bits per heavy atom. The number of nitrogens with zero attached hydrogens (tertiary/aromatic N) is 5. The summed E-state index contributed by atoms with van der Waals surface area (Å²) >= 11 is 5.17. The number of carbonyl (C=O) groups excluding carboxylic acids is 1. The first-order chi connectivity index (χ1) is 22.8. The monoisotopic (exact) mass is 776 g/mol. The third-order valence-electron chi connectivity index (χ3n) is 7.11. The standard InChI is InChI=1S/C21H28N7O17P3S/c22-17-12-19(25-6-24-17)28(7-26-12)21-16(44-46(33,34)35)14(30)10(43-21)5-41-48(38,39)45-47(36,37)40-4-9-13(29)15(31)20(42-9)27-3-8(18(23)32)1-2-11(27)49/h1-3,6-7,9-10,13-16,20-21,29-31H,4-5H2,(H2,23,32)(H,36,37)(H,38,39)(H2,22,24,25)(H2,33,34,35)/p+1/t9-,10-,13-,14-,15-,16-,20-,21-/m1/s1. The van der Waals surface area contributed by atoms with Crippen molar-refractivity contribution in [3.8, 4) is 0 Å². The van der Waals surface area contributed by atoms with E-state index in [0.717, 1.165) is 21.8 Å². The minimum atomic E-state index is -5.54. The molecule has 0 saturated carbocycles. The molecule has 2 aliphatic heterocycles. The number of imidazole rings is 1. The van der Waals surface area contributed by atoms with Gasteiger partial charge in [0.05, 0.1) is 25.1 Å². The van der Waals surface area contributed by atoms with Crippen LogP contribution in [0.3, 0.4) is 0 Å². The third-order valence-corrected chi connectivity index (χ3v) is 10.6. The van der Waals surface area contributed by atoms with E-state index in [4.69, 9.17) is 36.5 Å². The van der Waals surface area contributed by atoms with Crippen molar-refractivity contribution < 1.29 is 86.5 Å². The summed E-state index contributed by atoms with van der Waals surface area (Å²) in [6.45, 7) is -2.06. The number of hydrogen-bond acceptors (Lipinski definition) is 18. The number of amides is 1. The van der Waals surface area contributed by atoms with E-state index in [-0.39, 0.29) is 27.2 Å². The van der Waals surface area contributed by atoms with Gasteiger partial charge in [0.1, 0.15) is 53.1 Å². The van der Waals surface area contributed by atoms with Gasteiger partial charge >= 0.3 is 29.4 Å². The van der Waals surface area contributed by atoms with Gasteiger partial charge in [0.15, 0.2) is 23.9 Å². The van der Waals surface area contributed by atoms with E-state index in [1.807, 2.05) is 0 Å². The van der Waals surface area contributed by atoms with Crippen molar-refractivity contribution in [1.82, 2.24) is 24.1 Å². The molecule has 3 aromatic heterocycles. The highest BCUT2D eigenvalue weighted by atomic mass is 32.1. The molecule has 5 heterocycles. The van der Waals surface area contributed by atoms with E-state index in [1.165, 1.54) is 18.3 Å². The summed E-state index contributed by atoms with van der Waals surface area (Å²) in [5, 5.41) is 31.7. The number of hydrogen-bond donors (Lipinski definition) is 9. The van der Waals surface area contributed by atoms with Crippen LogP contribution in [0.5, 0.6) is 0 Å². The van der Waals surface area contributed by atoms with Crippen LogP contribution in [0.25, 0.3) is 11.2 Å². The number of quaternary nitrogens is 1. The minimum absolute atomic E-state index is 0.000337. The summed E-state index contributed by atoms with van der Waals surface area (Å²) in [6, 6.07) is 2.72. The molecule has 24 nitrogen and oxygen atoms in total. The molecule has 12 N–H and O–H groups in total. The number of aliphatic hydroxyl groups is 3. The largest absolute Gasteiger partial charge is 0.481 e. The zero-order valence-electron chi connectivity index (χ0n) is 24.4. The van der Waals surface area contributed by atoms with Crippen LogP contribution in [0.4, 0.5) is 5.82 Å². The van der Waals surface area contributed by atoms with E-state index in [2.05, 4.69) is 29.5 Å². The number of carbonyl (C=O) groups is 1. The number of phosphoric ester groups is 3. The molecule has 28 heteroatoms. The fourth-order valence-corrected chi connectivity index (χ4v) is 7.75. The summed E-state index contributed by atoms with van der Waals surface area (Å²) < 4.78 is 68.6. The fourth-order valence-electron chi connectivity index (χ4n) is 4.89. The van der Waals surface area contributed by atoms with Crippen LogP contribution in [0.1, 0.15) is 22.8 Å². The second-order valence-electron chi connectivity index (χ2n) is 10.4. The molecule has 0 aliphatic carbocycles. The highest BCUT2D eigenvalue weighted by molar-refractivity contribution is 7.71. The molecular formula is C21H29N7O17P3S+. The smallest absolute Gasteiger partial charge is 0.387 e. The molecule has 2 aliphatic rings. The summed E-state index contributed by atoms with van der Waals surface area (Å²) in [5.41, 5.74) is 9.19. The quantitative estimate of drug-likeness (QED) is 0.0646. The maximum absolute atomic E-state index is 12.6. The van der Waals surface area contributed by atoms with E-state index in [0.29, 0.717) is 0 Å². The van der Waals surface area contributed by atoms with E-state index >= 15 is 0 Å². The summed E-state index contributed by atoms with van der Waals surface area (Å²) in [4.78, 5) is 62.4. The molecule has 270 valence electrons. The molecule has 1 amide bonds.